The molecule has 2 unspecified atom stereocenters. The molecule has 2 atom stereocenters. The third-order valence-corrected chi connectivity index (χ3v) is 6.87. The van der Waals surface area contributed by atoms with Crippen LogP contribution in [0.25, 0.3) is 5.32 Å². The van der Waals surface area contributed by atoms with Gasteiger partial charge in [-0.2, -0.15) is 0 Å². The summed E-state index contributed by atoms with van der Waals surface area (Å²) >= 11 is 0. The van der Waals surface area contributed by atoms with E-state index in [4.69, 9.17) is 28.4 Å². The van der Waals surface area contributed by atoms with E-state index < -0.39 is 0 Å². The zero-order chi connectivity index (χ0) is 33.2. The van der Waals surface area contributed by atoms with Crippen LogP contribution in [0.2, 0.25) is 0 Å². The zero-order valence-corrected chi connectivity index (χ0v) is 32.9. The van der Waals surface area contributed by atoms with Gasteiger partial charge in [-0.25, -0.2) is 0 Å². The minimum atomic E-state index is -0.369. The first-order valence-corrected chi connectivity index (χ1v) is 16.1. The van der Waals surface area contributed by atoms with Crippen LogP contribution in [0.1, 0.15) is 122 Å². The minimum absolute atomic E-state index is 0. The third kappa shape index (κ3) is 30.1. The molecule has 0 aliphatic heterocycles. The van der Waals surface area contributed by atoms with Crippen molar-refractivity contribution in [3.05, 3.63) is 5.32 Å². The van der Waals surface area contributed by atoms with Gasteiger partial charge in [0, 0.05) is 33.3 Å². The molecular weight excluding hydrogens is 737 g/mol. The van der Waals surface area contributed by atoms with Gasteiger partial charge in [-0.1, -0.05) is 69.2 Å². The van der Waals surface area contributed by atoms with Gasteiger partial charge in [0.05, 0.1) is 26.4 Å². The number of ether oxygens (including phenoxy) is 6. The number of hydrogen-bond acceptors (Lipinski definition) is 8. The first-order chi connectivity index (χ1) is 19.7. The largest absolute Gasteiger partial charge is 0.661 e. The van der Waals surface area contributed by atoms with Gasteiger partial charge in [0.15, 0.2) is 12.6 Å². The van der Waals surface area contributed by atoms with Crippen LogP contribution >= 0.6 is 0 Å². The molecule has 0 aromatic rings. The molecule has 0 heterocycles. The van der Waals surface area contributed by atoms with Crippen molar-refractivity contribution in [1.82, 2.24) is 0 Å². The number of esters is 2. The van der Waals surface area contributed by atoms with Crippen molar-refractivity contribution >= 4 is 11.9 Å². The van der Waals surface area contributed by atoms with Crippen LogP contribution in [0.15, 0.2) is 0 Å². The van der Waals surface area contributed by atoms with Crippen molar-refractivity contribution in [3.63, 3.8) is 0 Å². The number of hydrogen-bond donors (Lipinski definition) is 0. The van der Waals surface area contributed by atoms with Crippen LogP contribution in [-0.4, -0.2) is 77.2 Å². The summed E-state index contributed by atoms with van der Waals surface area (Å²) in [5.41, 5.74) is 0.750. The predicted octanol–water partition coefficient (Wildman–Crippen LogP) is 7.69. The van der Waals surface area contributed by atoms with E-state index in [0.717, 1.165) is 25.7 Å². The molecule has 0 aliphatic carbocycles. The fraction of sp³-hybridized carbons (Fsp3) is 0.941. The Balaban J connectivity index is 0. The summed E-state index contributed by atoms with van der Waals surface area (Å²) in [6, 6.07) is 0. The number of rotatable bonds is 24. The number of carbonyl (C=O) groups is 2. The Hall–Kier alpha value is -0.598. The molecule has 0 aromatic heterocycles. The van der Waals surface area contributed by atoms with Gasteiger partial charge in [-0.3, -0.25) is 9.59 Å². The molecule has 0 aromatic carbocycles. The van der Waals surface area contributed by atoms with Gasteiger partial charge in [-0.05, 0) is 61.2 Å². The van der Waals surface area contributed by atoms with E-state index in [9.17, 15) is 9.59 Å². The smallest absolute Gasteiger partial charge is 0.304 e. The van der Waals surface area contributed by atoms with Crippen LogP contribution < -0.4 is 0 Å². The van der Waals surface area contributed by atoms with Crippen LogP contribution in [-0.2, 0) is 58.4 Å². The summed E-state index contributed by atoms with van der Waals surface area (Å²) in [6.45, 7) is 28.6. The standard InChI is InChI=1S/C34H66NO8.Re/c1-27(42-25-33(9,10)17-15-31(3,4)5)38-21-23-40-29(36)13-19-35-20-14-30(37)41-24-22-39-28(2)43-26-34(11,12)18-16-32(6,7)8;/h27-28H,13-26H2,1-12H3;/q-1;. The second-order valence-electron chi connectivity index (χ2n) is 15.6. The molecule has 0 fully saturated rings. The van der Waals surface area contributed by atoms with Crippen LogP contribution in [0.3, 0.4) is 0 Å². The van der Waals surface area contributed by atoms with Gasteiger partial charge in [-0.15, -0.1) is 13.1 Å². The molecule has 0 saturated heterocycles. The second-order valence-corrected chi connectivity index (χ2v) is 15.6. The van der Waals surface area contributed by atoms with E-state index in [-0.39, 0.29) is 95.0 Å². The Labute approximate surface area is 283 Å². The van der Waals surface area contributed by atoms with Crippen molar-refractivity contribution in [2.75, 3.05) is 52.7 Å². The topological polar surface area (TPSA) is 104 Å². The molecule has 44 heavy (non-hydrogen) atoms. The van der Waals surface area contributed by atoms with Gasteiger partial charge >= 0.3 is 11.9 Å². The average Bonchev–Trinajstić information content (AvgIpc) is 2.88. The first kappa shape index (κ1) is 45.5. The number of carbonyl (C=O) groups excluding carboxylic acids is 2. The minimum Gasteiger partial charge on any atom is -0.661 e. The molecule has 10 heteroatoms. The first-order valence-electron chi connectivity index (χ1n) is 16.1. The van der Waals surface area contributed by atoms with E-state index in [1.165, 1.54) is 0 Å². The van der Waals surface area contributed by atoms with E-state index in [1.807, 2.05) is 13.8 Å². The maximum absolute atomic E-state index is 11.9. The van der Waals surface area contributed by atoms with E-state index in [2.05, 4.69) is 74.6 Å². The predicted molar refractivity (Wildman–Crippen MR) is 172 cm³/mol. The normalized spacial score (nSPS) is 14.1. The summed E-state index contributed by atoms with van der Waals surface area (Å²) in [7, 11) is 0. The third-order valence-electron chi connectivity index (χ3n) is 6.87. The van der Waals surface area contributed by atoms with Crippen LogP contribution in [0, 0.1) is 21.7 Å². The maximum atomic E-state index is 11.9. The zero-order valence-electron chi connectivity index (χ0n) is 30.1. The number of nitrogens with zero attached hydrogens (tertiary/aromatic N) is 1. The molecule has 0 saturated carbocycles. The molecule has 1 radical (unpaired) electrons. The monoisotopic (exact) mass is 803 g/mol. The second kappa shape index (κ2) is 22.8. The Bertz CT molecular complexity index is 699. The van der Waals surface area contributed by atoms with Crippen LogP contribution in [0.5, 0.6) is 0 Å². The fourth-order valence-electron chi connectivity index (χ4n) is 3.69. The molecule has 0 aliphatic rings. The van der Waals surface area contributed by atoms with Crippen molar-refractivity contribution < 1.29 is 58.4 Å². The van der Waals surface area contributed by atoms with Gasteiger partial charge in [0.25, 0.3) is 0 Å². The molecule has 0 spiro atoms. The Morgan fingerprint density at radius 3 is 1.20 bits per heavy atom. The fourth-order valence-corrected chi connectivity index (χ4v) is 3.69. The summed E-state index contributed by atoms with van der Waals surface area (Å²) in [5, 5.41) is 4.21. The van der Waals surface area contributed by atoms with E-state index in [1.54, 1.807) is 0 Å². The summed E-state index contributed by atoms with van der Waals surface area (Å²) in [4.78, 5) is 23.8. The van der Waals surface area contributed by atoms with Crippen molar-refractivity contribution in [2.24, 2.45) is 21.7 Å². The van der Waals surface area contributed by atoms with Gasteiger partial charge in [0.2, 0.25) is 0 Å². The van der Waals surface area contributed by atoms with Gasteiger partial charge in [0.1, 0.15) is 13.2 Å². The molecule has 0 bridgehead atoms. The van der Waals surface area contributed by atoms with Crippen molar-refractivity contribution in [1.29, 1.82) is 0 Å². The molecule has 0 N–H and O–H groups in total. The Morgan fingerprint density at radius 2 is 0.886 bits per heavy atom. The summed E-state index contributed by atoms with van der Waals surface area (Å²) < 4.78 is 33.3. The summed E-state index contributed by atoms with van der Waals surface area (Å²) in [6.07, 6.45) is 3.99. The molecular formula is C34H66NO8Re-. The molecule has 9 nitrogen and oxygen atoms in total. The SMILES string of the molecule is CC(OCCOC(=O)CC[N-]CCC(=O)OCCOC(C)OCC(C)(C)CCC(C)(C)C)OCC(C)(C)CCC(C)(C)C.[Re]. The molecule has 0 amide bonds. The van der Waals surface area contributed by atoms with E-state index >= 15 is 0 Å². The van der Waals surface area contributed by atoms with Gasteiger partial charge < -0.3 is 33.7 Å². The van der Waals surface area contributed by atoms with Crippen molar-refractivity contribution in [3.8, 4) is 0 Å². The van der Waals surface area contributed by atoms with E-state index in [0.29, 0.717) is 37.1 Å². The Morgan fingerprint density at radius 1 is 0.545 bits per heavy atom. The maximum Gasteiger partial charge on any atom is 0.304 e. The molecule has 0 rings (SSSR count). The summed E-state index contributed by atoms with van der Waals surface area (Å²) in [5.74, 6) is -0.698. The quantitative estimate of drug-likeness (QED) is 0.0557. The molecule has 263 valence electrons. The average molecular weight is 803 g/mol. The van der Waals surface area contributed by atoms with Crippen LogP contribution in [0.4, 0.5) is 0 Å². The Kier molecular flexibility index (Phi) is 23.6. The van der Waals surface area contributed by atoms with Crippen molar-refractivity contribution in [2.45, 2.75) is 134 Å².